The summed E-state index contributed by atoms with van der Waals surface area (Å²) in [6, 6.07) is 12.5. The van der Waals surface area contributed by atoms with Gasteiger partial charge in [-0.15, -0.1) is 0 Å². The molecule has 0 aliphatic rings. The van der Waals surface area contributed by atoms with E-state index in [0.29, 0.717) is 11.4 Å². The Bertz CT molecular complexity index is 1120. The van der Waals surface area contributed by atoms with Crippen LogP contribution in [0.2, 0.25) is 0 Å². The molecule has 146 valence electrons. The van der Waals surface area contributed by atoms with E-state index in [1.807, 2.05) is 6.07 Å². The van der Waals surface area contributed by atoms with E-state index in [1.165, 1.54) is 25.1 Å². The Balaban J connectivity index is 1.84. The standard InChI is InChI=1S/C19H19N3O5S/c1-3-28(25,26)14-7-8-18(23)16(10-14)20-19(24)17-11-15(21-22-17)12-5-4-6-13(9-12)27-2/h4-11,23H,3H2,1-2H3,(H,20,24)(H,21,22). The number of anilines is 1. The predicted octanol–water partition coefficient (Wildman–Crippen LogP) is 2.84. The molecule has 1 heterocycles. The Labute approximate surface area is 162 Å². The molecule has 0 bridgehead atoms. The summed E-state index contributed by atoms with van der Waals surface area (Å²) < 4.78 is 29.2. The van der Waals surface area contributed by atoms with E-state index >= 15 is 0 Å². The summed E-state index contributed by atoms with van der Waals surface area (Å²) in [7, 11) is -1.91. The first kappa shape index (κ1) is 19.4. The molecule has 0 saturated carbocycles. The fraction of sp³-hybridized carbons (Fsp3) is 0.158. The lowest BCUT2D eigenvalue weighted by Gasteiger charge is -2.09. The molecule has 0 radical (unpaired) electrons. The summed E-state index contributed by atoms with van der Waals surface area (Å²) in [6.07, 6.45) is 0. The molecular weight excluding hydrogens is 382 g/mol. The van der Waals surface area contributed by atoms with Crippen LogP contribution in [0.3, 0.4) is 0 Å². The first-order valence-corrected chi connectivity index (χ1v) is 10.1. The highest BCUT2D eigenvalue weighted by Crippen LogP contribution is 2.28. The molecule has 1 aromatic heterocycles. The summed E-state index contributed by atoms with van der Waals surface area (Å²) in [5.41, 5.74) is 1.45. The van der Waals surface area contributed by atoms with Crippen molar-refractivity contribution >= 4 is 21.4 Å². The number of aromatic amines is 1. The van der Waals surface area contributed by atoms with Gasteiger partial charge in [-0.25, -0.2) is 8.42 Å². The molecule has 3 N–H and O–H groups in total. The minimum atomic E-state index is -3.47. The van der Waals surface area contributed by atoms with Gasteiger partial charge in [-0.3, -0.25) is 9.89 Å². The smallest absolute Gasteiger partial charge is 0.273 e. The lowest BCUT2D eigenvalue weighted by Crippen LogP contribution is -2.13. The SMILES string of the molecule is CCS(=O)(=O)c1ccc(O)c(NC(=O)c2cc(-c3cccc(OC)c3)n[nH]2)c1. The number of aromatic nitrogens is 2. The minimum absolute atomic E-state index is 0.00273. The van der Waals surface area contributed by atoms with Crippen LogP contribution >= 0.6 is 0 Å². The van der Waals surface area contributed by atoms with Crippen molar-refractivity contribution in [3.8, 4) is 22.8 Å². The van der Waals surface area contributed by atoms with Crippen LogP contribution in [0.15, 0.2) is 53.4 Å². The number of ether oxygens (including phenoxy) is 1. The molecular formula is C19H19N3O5S. The fourth-order valence-electron chi connectivity index (χ4n) is 2.53. The molecule has 2 aromatic carbocycles. The first-order valence-electron chi connectivity index (χ1n) is 8.41. The monoisotopic (exact) mass is 401 g/mol. The molecule has 3 rings (SSSR count). The molecule has 0 saturated heterocycles. The normalized spacial score (nSPS) is 11.2. The number of H-pyrrole nitrogens is 1. The van der Waals surface area contributed by atoms with Crippen molar-refractivity contribution in [1.82, 2.24) is 10.2 Å². The number of amides is 1. The van der Waals surface area contributed by atoms with Crippen LogP contribution in [0.5, 0.6) is 11.5 Å². The number of sulfone groups is 1. The van der Waals surface area contributed by atoms with Gasteiger partial charge in [-0.1, -0.05) is 19.1 Å². The second-order valence-electron chi connectivity index (χ2n) is 5.94. The van der Waals surface area contributed by atoms with Crippen LogP contribution in [-0.4, -0.2) is 42.5 Å². The number of phenols is 1. The van der Waals surface area contributed by atoms with Crippen LogP contribution in [0.25, 0.3) is 11.3 Å². The molecule has 0 aliphatic carbocycles. The predicted molar refractivity (Wildman–Crippen MR) is 104 cm³/mol. The van der Waals surface area contributed by atoms with Crippen molar-refractivity contribution in [1.29, 1.82) is 0 Å². The van der Waals surface area contributed by atoms with Gasteiger partial charge in [0.05, 0.1) is 29.1 Å². The first-order chi connectivity index (χ1) is 13.3. The number of carbonyl (C=O) groups excluding carboxylic acids is 1. The highest BCUT2D eigenvalue weighted by atomic mass is 32.2. The molecule has 9 heteroatoms. The Morgan fingerprint density at radius 3 is 2.71 bits per heavy atom. The highest BCUT2D eigenvalue weighted by Gasteiger charge is 2.17. The topological polar surface area (TPSA) is 121 Å². The van der Waals surface area contributed by atoms with E-state index in [-0.39, 0.29) is 27.8 Å². The average molecular weight is 401 g/mol. The Hall–Kier alpha value is -3.33. The van der Waals surface area contributed by atoms with Gasteiger partial charge in [0.2, 0.25) is 0 Å². The summed E-state index contributed by atoms with van der Waals surface area (Å²) in [5.74, 6) is -0.236. The zero-order valence-electron chi connectivity index (χ0n) is 15.3. The van der Waals surface area contributed by atoms with E-state index in [1.54, 1.807) is 31.4 Å². The van der Waals surface area contributed by atoms with Gasteiger partial charge in [0.15, 0.2) is 9.84 Å². The number of rotatable bonds is 6. The second kappa shape index (κ2) is 7.73. The molecule has 1 amide bonds. The molecule has 0 unspecified atom stereocenters. The summed E-state index contributed by atoms with van der Waals surface area (Å²) >= 11 is 0. The van der Waals surface area contributed by atoms with Gasteiger partial charge in [-0.2, -0.15) is 5.10 Å². The zero-order chi connectivity index (χ0) is 20.3. The van der Waals surface area contributed by atoms with Gasteiger partial charge in [-0.05, 0) is 36.4 Å². The van der Waals surface area contributed by atoms with Gasteiger partial charge in [0.1, 0.15) is 17.2 Å². The van der Waals surface area contributed by atoms with Crippen molar-refractivity contribution in [3.05, 3.63) is 54.2 Å². The molecule has 0 aliphatic heterocycles. The van der Waals surface area contributed by atoms with Gasteiger partial charge in [0, 0.05) is 5.56 Å². The van der Waals surface area contributed by atoms with Crippen molar-refractivity contribution in [2.75, 3.05) is 18.2 Å². The van der Waals surface area contributed by atoms with Gasteiger partial charge >= 0.3 is 0 Å². The lowest BCUT2D eigenvalue weighted by atomic mass is 10.1. The molecule has 0 atom stereocenters. The summed E-state index contributed by atoms with van der Waals surface area (Å²) in [4.78, 5) is 12.5. The van der Waals surface area contributed by atoms with E-state index in [4.69, 9.17) is 4.74 Å². The maximum Gasteiger partial charge on any atom is 0.273 e. The Morgan fingerprint density at radius 2 is 2.00 bits per heavy atom. The number of carbonyl (C=O) groups is 1. The maximum atomic E-state index is 12.5. The number of methoxy groups -OCH3 is 1. The van der Waals surface area contributed by atoms with E-state index in [2.05, 4.69) is 15.5 Å². The van der Waals surface area contributed by atoms with Crippen molar-refractivity contribution < 1.29 is 23.1 Å². The molecule has 0 fully saturated rings. The van der Waals surface area contributed by atoms with E-state index in [0.717, 1.165) is 5.56 Å². The van der Waals surface area contributed by atoms with E-state index < -0.39 is 15.7 Å². The molecule has 0 spiro atoms. The number of hydrogen-bond acceptors (Lipinski definition) is 6. The maximum absolute atomic E-state index is 12.5. The van der Waals surface area contributed by atoms with Crippen LogP contribution in [0, 0.1) is 0 Å². The number of nitrogens with zero attached hydrogens (tertiary/aromatic N) is 1. The van der Waals surface area contributed by atoms with Crippen molar-refractivity contribution in [3.63, 3.8) is 0 Å². The van der Waals surface area contributed by atoms with Crippen molar-refractivity contribution in [2.24, 2.45) is 0 Å². The third-order valence-corrected chi connectivity index (χ3v) is 5.88. The largest absolute Gasteiger partial charge is 0.506 e. The molecule has 3 aromatic rings. The van der Waals surface area contributed by atoms with Crippen LogP contribution in [0.1, 0.15) is 17.4 Å². The van der Waals surface area contributed by atoms with Crippen LogP contribution < -0.4 is 10.1 Å². The number of hydrogen-bond donors (Lipinski definition) is 3. The quantitative estimate of drug-likeness (QED) is 0.546. The van der Waals surface area contributed by atoms with E-state index in [9.17, 15) is 18.3 Å². The lowest BCUT2D eigenvalue weighted by molar-refractivity contribution is 0.102. The van der Waals surface area contributed by atoms with Gasteiger partial charge < -0.3 is 15.2 Å². The van der Waals surface area contributed by atoms with Crippen LogP contribution in [0.4, 0.5) is 5.69 Å². The highest BCUT2D eigenvalue weighted by molar-refractivity contribution is 7.91. The number of phenolic OH excluding ortho intramolecular Hbond substituents is 1. The zero-order valence-corrected chi connectivity index (χ0v) is 16.1. The van der Waals surface area contributed by atoms with Gasteiger partial charge in [0.25, 0.3) is 5.91 Å². The van der Waals surface area contributed by atoms with Crippen molar-refractivity contribution in [2.45, 2.75) is 11.8 Å². The minimum Gasteiger partial charge on any atom is -0.506 e. The third-order valence-electron chi connectivity index (χ3n) is 4.14. The second-order valence-corrected chi connectivity index (χ2v) is 8.21. The number of benzene rings is 2. The molecule has 8 nitrogen and oxygen atoms in total. The van der Waals surface area contributed by atoms with Crippen LogP contribution in [-0.2, 0) is 9.84 Å². The summed E-state index contributed by atoms with van der Waals surface area (Å²) in [5, 5.41) is 19.2. The third kappa shape index (κ3) is 3.99. The average Bonchev–Trinajstić information content (AvgIpc) is 3.20. The summed E-state index contributed by atoms with van der Waals surface area (Å²) in [6.45, 7) is 1.52. The number of nitrogens with one attached hydrogen (secondary N) is 2. The Kier molecular flexibility index (Phi) is 5.36. The number of aromatic hydroxyl groups is 1. The fourth-order valence-corrected chi connectivity index (χ4v) is 3.44. The Morgan fingerprint density at radius 1 is 1.21 bits per heavy atom. The molecule has 28 heavy (non-hydrogen) atoms.